The number of carboxylic acids is 2. The molecule has 3 N–H and O–H groups in total. The Kier molecular flexibility index (Phi) is 8.48. The average Bonchev–Trinajstić information content (AvgIpc) is 2.49. The number of carboxylic acid groups (broad SMARTS) is 2. The first-order valence-electron chi connectivity index (χ1n) is 7.45. The maximum absolute atomic E-state index is 12.3. The molecule has 1 aliphatic carbocycles. The molecule has 1 saturated carbocycles. The molecular formula is C13H19N3O8-6. The summed E-state index contributed by atoms with van der Waals surface area (Å²) in [6.45, 7) is -1.86. The molecule has 0 heterocycles. The third-order valence-electron chi connectivity index (χ3n) is 3.79. The van der Waals surface area contributed by atoms with Crippen LogP contribution in [-0.4, -0.2) is 74.6 Å². The van der Waals surface area contributed by atoms with E-state index in [4.69, 9.17) is 0 Å². The molecule has 0 amide bonds. The molecule has 0 aromatic carbocycles. The van der Waals surface area contributed by atoms with Crippen molar-refractivity contribution in [2.24, 2.45) is 0 Å². The normalized spacial score (nSPS) is 33.3. The molecule has 0 bridgehead atoms. The highest BCUT2D eigenvalue weighted by Crippen LogP contribution is 2.17. The fourth-order valence-electron chi connectivity index (χ4n) is 2.67. The first-order chi connectivity index (χ1) is 11.3. The summed E-state index contributed by atoms with van der Waals surface area (Å²) >= 11 is 0. The van der Waals surface area contributed by atoms with Crippen molar-refractivity contribution in [3.05, 3.63) is 0 Å². The molecule has 0 saturated heterocycles. The van der Waals surface area contributed by atoms with E-state index in [-0.39, 0.29) is 13.0 Å². The zero-order valence-corrected chi connectivity index (χ0v) is 12.8. The smallest absolute Gasteiger partial charge is 0.0552 e. The van der Waals surface area contributed by atoms with Crippen LogP contribution >= 0.6 is 0 Å². The molecule has 0 aromatic rings. The largest absolute Gasteiger partial charge is 0.854 e. The van der Waals surface area contributed by atoms with Crippen molar-refractivity contribution < 1.29 is 40.2 Å². The first kappa shape index (κ1) is 20.7. The molecule has 0 aliphatic heterocycles. The van der Waals surface area contributed by atoms with E-state index in [1.54, 1.807) is 0 Å². The van der Waals surface area contributed by atoms with Crippen molar-refractivity contribution in [3.8, 4) is 0 Å². The summed E-state index contributed by atoms with van der Waals surface area (Å²) in [5.41, 5.74) is 0. The number of carbonyl (C=O) groups is 2. The Hall–Kier alpha value is -1.34. The second-order valence-electron chi connectivity index (χ2n) is 5.49. The van der Waals surface area contributed by atoms with Crippen molar-refractivity contribution in [3.63, 3.8) is 0 Å². The summed E-state index contributed by atoms with van der Waals surface area (Å²) in [6, 6.07) is -4.14. The Labute approximate surface area is 138 Å². The number of hydrogen-bond donors (Lipinski definition) is 3. The summed E-state index contributed by atoms with van der Waals surface area (Å²) < 4.78 is 0. The molecule has 1 fully saturated rings. The van der Waals surface area contributed by atoms with E-state index in [0.29, 0.717) is 0 Å². The van der Waals surface area contributed by atoms with E-state index in [1.807, 2.05) is 0 Å². The molecule has 1 aliphatic rings. The lowest BCUT2D eigenvalue weighted by Crippen LogP contribution is -2.82. The van der Waals surface area contributed by atoms with Crippen molar-refractivity contribution >= 4 is 11.9 Å². The Morgan fingerprint density at radius 1 is 0.750 bits per heavy atom. The molecule has 11 heteroatoms. The van der Waals surface area contributed by atoms with Gasteiger partial charge in [-0.2, -0.15) is 0 Å². The fourth-order valence-corrected chi connectivity index (χ4v) is 2.67. The van der Waals surface area contributed by atoms with Gasteiger partial charge in [-0.25, -0.2) is 0 Å². The SMILES string of the molecule is O=C([O-])CN[C@@H]1C([O-])[C@H](NCC(=O)[O-])[C@H]([O-])C(NCCC[O-])[C@@H]1[O-]. The maximum Gasteiger partial charge on any atom is 0.0552 e. The van der Waals surface area contributed by atoms with Gasteiger partial charge < -0.3 is 56.2 Å². The lowest BCUT2D eigenvalue weighted by molar-refractivity contribution is -0.535. The molecule has 2 unspecified atom stereocenters. The van der Waals surface area contributed by atoms with Crippen LogP contribution in [-0.2, 0) is 9.59 Å². The van der Waals surface area contributed by atoms with E-state index in [2.05, 4.69) is 16.0 Å². The summed E-state index contributed by atoms with van der Waals surface area (Å²) in [5.74, 6) is -3.07. The van der Waals surface area contributed by atoms with Crippen LogP contribution in [0.15, 0.2) is 0 Å². The topological polar surface area (TPSA) is 209 Å². The minimum Gasteiger partial charge on any atom is -0.854 e. The first-order valence-corrected chi connectivity index (χ1v) is 7.45. The van der Waals surface area contributed by atoms with Gasteiger partial charge in [0.15, 0.2) is 0 Å². The van der Waals surface area contributed by atoms with Crippen molar-refractivity contribution in [2.45, 2.75) is 42.9 Å². The van der Waals surface area contributed by atoms with Gasteiger partial charge in [-0.3, -0.25) is 0 Å². The second-order valence-corrected chi connectivity index (χ2v) is 5.49. The van der Waals surface area contributed by atoms with Gasteiger partial charge in [-0.1, -0.05) is 24.7 Å². The van der Waals surface area contributed by atoms with Crippen LogP contribution in [0.3, 0.4) is 0 Å². The predicted octanol–water partition coefficient (Wildman–Crippen LogP) is -9.69. The van der Waals surface area contributed by atoms with Crippen LogP contribution in [0.4, 0.5) is 0 Å². The average molecular weight is 345 g/mol. The molecule has 6 atom stereocenters. The van der Waals surface area contributed by atoms with Gasteiger partial charge in [0.25, 0.3) is 0 Å². The third-order valence-corrected chi connectivity index (χ3v) is 3.79. The number of carbonyl (C=O) groups excluding carboxylic acids is 2. The van der Waals surface area contributed by atoms with Crippen molar-refractivity contribution in [2.75, 3.05) is 26.2 Å². The molecule has 0 spiro atoms. The predicted molar refractivity (Wildman–Crippen MR) is 66.2 cm³/mol. The van der Waals surface area contributed by atoms with Crippen LogP contribution in [0, 0.1) is 0 Å². The Morgan fingerprint density at radius 3 is 1.46 bits per heavy atom. The Bertz CT molecular complexity index is 392. The summed E-state index contributed by atoms with van der Waals surface area (Å²) in [6.07, 6.45) is -5.22. The highest BCUT2D eigenvalue weighted by atomic mass is 16.4. The lowest BCUT2D eigenvalue weighted by Gasteiger charge is -2.61. The third kappa shape index (κ3) is 5.63. The van der Waals surface area contributed by atoms with Crippen LogP contribution in [0.5, 0.6) is 0 Å². The summed E-state index contributed by atoms with van der Waals surface area (Å²) in [7, 11) is 0. The van der Waals surface area contributed by atoms with Gasteiger partial charge in [0, 0.05) is 13.1 Å². The van der Waals surface area contributed by atoms with Gasteiger partial charge in [-0.15, -0.1) is 6.61 Å². The number of nitrogens with one attached hydrogen (secondary N) is 3. The van der Waals surface area contributed by atoms with E-state index >= 15 is 0 Å². The number of rotatable bonds is 10. The molecule has 0 radical (unpaired) electrons. The number of hydrogen-bond acceptors (Lipinski definition) is 11. The molecule has 1 rings (SSSR count). The van der Waals surface area contributed by atoms with E-state index in [0.717, 1.165) is 0 Å². The number of aliphatic carboxylic acids is 2. The van der Waals surface area contributed by atoms with Gasteiger partial charge in [0.1, 0.15) is 0 Å². The van der Waals surface area contributed by atoms with Gasteiger partial charge >= 0.3 is 0 Å². The van der Waals surface area contributed by atoms with Crippen LogP contribution in [0.25, 0.3) is 0 Å². The zero-order chi connectivity index (χ0) is 18.3. The molecule has 24 heavy (non-hydrogen) atoms. The van der Waals surface area contributed by atoms with Crippen molar-refractivity contribution in [1.82, 2.24) is 16.0 Å². The van der Waals surface area contributed by atoms with Crippen LogP contribution in [0.1, 0.15) is 6.42 Å². The quantitative estimate of drug-likeness (QED) is 0.316. The Balaban J connectivity index is 2.88. The maximum atomic E-state index is 12.3. The molecule has 140 valence electrons. The minimum absolute atomic E-state index is 0.0790. The molecule has 0 aromatic heterocycles. The Morgan fingerprint density at radius 2 is 1.12 bits per heavy atom. The summed E-state index contributed by atoms with van der Waals surface area (Å²) in [4.78, 5) is 21.0. The van der Waals surface area contributed by atoms with E-state index in [9.17, 15) is 40.2 Å². The summed E-state index contributed by atoms with van der Waals surface area (Å²) in [5, 5.41) is 75.6. The van der Waals surface area contributed by atoms with Crippen molar-refractivity contribution in [1.29, 1.82) is 0 Å². The molecule has 11 nitrogen and oxygen atoms in total. The second kappa shape index (κ2) is 9.84. The highest BCUT2D eigenvalue weighted by molar-refractivity contribution is 5.67. The fraction of sp³-hybridized carbons (Fsp3) is 0.846. The minimum atomic E-state index is -1.86. The van der Waals surface area contributed by atoms with E-state index in [1.165, 1.54) is 0 Å². The lowest BCUT2D eigenvalue weighted by atomic mass is 9.79. The zero-order valence-electron chi connectivity index (χ0n) is 12.8. The van der Waals surface area contributed by atoms with Gasteiger partial charge in [0.05, 0.1) is 11.9 Å². The highest BCUT2D eigenvalue weighted by Gasteiger charge is 2.35. The molecular weight excluding hydrogens is 326 g/mol. The van der Waals surface area contributed by atoms with E-state index < -0.39 is 68.1 Å². The monoisotopic (exact) mass is 345 g/mol. The van der Waals surface area contributed by atoms with Gasteiger partial charge in [0.2, 0.25) is 0 Å². The van der Waals surface area contributed by atoms with Crippen LogP contribution < -0.4 is 46.6 Å². The van der Waals surface area contributed by atoms with Crippen LogP contribution in [0.2, 0.25) is 0 Å². The van der Waals surface area contributed by atoms with Gasteiger partial charge in [-0.05, 0) is 24.7 Å². The standard InChI is InChI=1S/C13H21N3O8/c17-3-1-2-14-8-11(22)9(15-4-6(18)19)13(24)10(12(8)23)16-5-7(20)21/h8-16H,1-5H2,(H,18,19)(H,20,21)/q-4/p-2/t8?,9-,10+,11-,12+,13?.